The largest absolute Gasteiger partial charge is 0.468 e. The zero-order chi connectivity index (χ0) is 20.9. The zero-order valence-corrected chi connectivity index (χ0v) is 17.0. The maximum Gasteiger partial charge on any atom is 0.324 e. The Labute approximate surface area is 173 Å². The Hall–Kier alpha value is -3.23. The van der Waals surface area contributed by atoms with Crippen LogP contribution in [0.5, 0.6) is 0 Å². The predicted molar refractivity (Wildman–Crippen MR) is 112 cm³/mol. The Balaban J connectivity index is 1.68. The van der Waals surface area contributed by atoms with Crippen LogP contribution in [0.15, 0.2) is 65.7 Å². The van der Waals surface area contributed by atoms with Crippen LogP contribution in [-0.4, -0.2) is 41.8 Å². The number of esters is 1. The van der Waals surface area contributed by atoms with Gasteiger partial charge < -0.3 is 9.72 Å². The first-order chi connectivity index (χ1) is 14.5. The van der Waals surface area contributed by atoms with Crippen LogP contribution in [0.3, 0.4) is 0 Å². The third kappa shape index (κ3) is 2.79. The van der Waals surface area contributed by atoms with Gasteiger partial charge in [-0.1, -0.05) is 36.4 Å². The van der Waals surface area contributed by atoms with Gasteiger partial charge in [-0.3, -0.25) is 9.78 Å². The number of sulfonamides is 1. The van der Waals surface area contributed by atoms with E-state index in [0.717, 1.165) is 27.5 Å². The van der Waals surface area contributed by atoms with Crippen LogP contribution in [0.4, 0.5) is 0 Å². The molecule has 1 aliphatic heterocycles. The Morgan fingerprint density at radius 2 is 1.93 bits per heavy atom. The standard InChI is InChI=1S/C22H19N3O4S/c1-29-22(26)19-12-16-15-8-2-3-9-17(15)24-18(16)13-25(19)30(27,28)20-10-4-6-14-7-5-11-23-21(14)20/h2-11,19,24H,12-13H2,1H3/t19-/m1/s1. The summed E-state index contributed by atoms with van der Waals surface area (Å²) >= 11 is 0. The maximum atomic E-state index is 13.7. The molecule has 0 aliphatic carbocycles. The highest BCUT2D eigenvalue weighted by Gasteiger charge is 2.42. The molecule has 0 spiro atoms. The Kier molecular flexibility index (Phi) is 4.34. The molecule has 0 bridgehead atoms. The normalized spacial score (nSPS) is 17.2. The minimum Gasteiger partial charge on any atom is -0.468 e. The number of aromatic amines is 1. The average Bonchev–Trinajstić information content (AvgIpc) is 3.15. The number of hydrogen-bond acceptors (Lipinski definition) is 5. The number of benzene rings is 2. The van der Waals surface area contributed by atoms with Crippen LogP contribution in [-0.2, 0) is 32.5 Å². The van der Waals surface area contributed by atoms with Crippen molar-refractivity contribution in [3.63, 3.8) is 0 Å². The van der Waals surface area contributed by atoms with E-state index in [0.29, 0.717) is 5.52 Å². The van der Waals surface area contributed by atoms with Crippen molar-refractivity contribution in [1.82, 2.24) is 14.3 Å². The number of methoxy groups -OCH3 is 1. The topological polar surface area (TPSA) is 92.4 Å². The summed E-state index contributed by atoms with van der Waals surface area (Å²) in [6, 6.07) is 15.4. The Bertz CT molecular complexity index is 1390. The first-order valence-corrected chi connectivity index (χ1v) is 11.0. The van der Waals surface area contributed by atoms with Gasteiger partial charge in [0.2, 0.25) is 10.0 Å². The van der Waals surface area contributed by atoms with E-state index in [-0.39, 0.29) is 17.9 Å². The molecule has 152 valence electrons. The maximum absolute atomic E-state index is 13.7. The number of carbonyl (C=O) groups is 1. The van der Waals surface area contributed by atoms with E-state index in [1.807, 2.05) is 36.4 Å². The molecule has 4 aromatic rings. The number of ether oxygens (including phenoxy) is 1. The zero-order valence-electron chi connectivity index (χ0n) is 16.2. The molecule has 2 aromatic carbocycles. The van der Waals surface area contributed by atoms with Gasteiger partial charge in [0, 0.05) is 34.6 Å². The van der Waals surface area contributed by atoms with Gasteiger partial charge in [-0.25, -0.2) is 8.42 Å². The smallest absolute Gasteiger partial charge is 0.324 e. The number of hydrogen-bond donors (Lipinski definition) is 1. The van der Waals surface area contributed by atoms with Crippen LogP contribution >= 0.6 is 0 Å². The van der Waals surface area contributed by atoms with E-state index in [4.69, 9.17) is 4.74 Å². The molecule has 0 saturated heterocycles. The molecular formula is C22H19N3O4S. The number of rotatable bonds is 3. The van der Waals surface area contributed by atoms with Gasteiger partial charge in [-0.05, 0) is 23.8 Å². The van der Waals surface area contributed by atoms with Crippen molar-refractivity contribution in [3.8, 4) is 0 Å². The monoisotopic (exact) mass is 421 g/mol. The summed E-state index contributed by atoms with van der Waals surface area (Å²) in [6.07, 6.45) is 1.80. The van der Waals surface area contributed by atoms with Gasteiger partial charge >= 0.3 is 5.97 Å². The quantitative estimate of drug-likeness (QED) is 0.514. The van der Waals surface area contributed by atoms with Gasteiger partial charge in [-0.15, -0.1) is 0 Å². The molecule has 3 heterocycles. The van der Waals surface area contributed by atoms with E-state index in [1.54, 1.807) is 18.3 Å². The second-order valence-electron chi connectivity index (χ2n) is 7.25. The van der Waals surface area contributed by atoms with E-state index >= 15 is 0 Å². The number of carbonyl (C=O) groups excluding carboxylic acids is 1. The molecule has 30 heavy (non-hydrogen) atoms. The SMILES string of the molecule is COC(=O)[C@H]1Cc2c([nH]c3ccccc23)CN1S(=O)(=O)c1cccc2cccnc12. The number of pyridine rings is 1. The van der Waals surface area contributed by atoms with Crippen molar-refractivity contribution in [3.05, 3.63) is 72.1 Å². The Morgan fingerprint density at radius 1 is 1.13 bits per heavy atom. The fraction of sp³-hybridized carbons (Fsp3) is 0.182. The van der Waals surface area contributed by atoms with Crippen molar-refractivity contribution in [2.45, 2.75) is 23.9 Å². The number of nitrogens with zero attached hydrogens (tertiary/aromatic N) is 2. The van der Waals surface area contributed by atoms with E-state index < -0.39 is 22.0 Å². The van der Waals surface area contributed by atoms with Crippen LogP contribution in [0.1, 0.15) is 11.3 Å². The lowest BCUT2D eigenvalue weighted by Crippen LogP contribution is -2.49. The van der Waals surface area contributed by atoms with Gasteiger partial charge in [0.05, 0.1) is 19.2 Å². The lowest BCUT2D eigenvalue weighted by molar-refractivity contribution is -0.145. The summed E-state index contributed by atoms with van der Waals surface area (Å²) in [5.41, 5.74) is 3.03. The van der Waals surface area contributed by atoms with E-state index in [2.05, 4.69) is 9.97 Å². The number of fused-ring (bicyclic) bond motifs is 4. The summed E-state index contributed by atoms with van der Waals surface area (Å²) in [4.78, 5) is 20.3. The molecule has 2 aromatic heterocycles. The molecule has 0 saturated carbocycles. The van der Waals surface area contributed by atoms with E-state index in [1.165, 1.54) is 17.5 Å². The lowest BCUT2D eigenvalue weighted by atomic mass is 9.98. The molecule has 1 atom stereocenters. The first-order valence-electron chi connectivity index (χ1n) is 9.52. The summed E-state index contributed by atoms with van der Waals surface area (Å²) in [5, 5.41) is 1.71. The van der Waals surface area contributed by atoms with Crippen molar-refractivity contribution in [1.29, 1.82) is 0 Å². The van der Waals surface area contributed by atoms with Crippen LogP contribution < -0.4 is 0 Å². The predicted octanol–water partition coefficient (Wildman–Crippen LogP) is 3.00. The summed E-state index contributed by atoms with van der Waals surface area (Å²) in [5.74, 6) is -0.581. The van der Waals surface area contributed by atoms with Crippen molar-refractivity contribution in [2.24, 2.45) is 0 Å². The molecule has 0 unspecified atom stereocenters. The number of para-hydroxylation sites is 2. The molecule has 1 aliphatic rings. The summed E-state index contributed by atoms with van der Waals surface area (Å²) in [6.45, 7) is 0.0509. The van der Waals surface area contributed by atoms with Gasteiger partial charge in [0.25, 0.3) is 0 Å². The lowest BCUT2D eigenvalue weighted by Gasteiger charge is -2.33. The van der Waals surface area contributed by atoms with Crippen LogP contribution in [0, 0.1) is 0 Å². The van der Waals surface area contributed by atoms with Gasteiger partial charge in [0.15, 0.2) is 0 Å². The molecule has 7 nitrogen and oxygen atoms in total. The molecule has 1 N–H and O–H groups in total. The van der Waals surface area contributed by atoms with Crippen LogP contribution in [0.25, 0.3) is 21.8 Å². The van der Waals surface area contributed by atoms with Crippen molar-refractivity contribution in [2.75, 3.05) is 7.11 Å². The van der Waals surface area contributed by atoms with Crippen molar-refractivity contribution >= 4 is 37.8 Å². The molecule has 0 amide bonds. The van der Waals surface area contributed by atoms with Crippen molar-refractivity contribution < 1.29 is 17.9 Å². The number of H-pyrrole nitrogens is 1. The van der Waals surface area contributed by atoms with E-state index in [9.17, 15) is 13.2 Å². The third-order valence-electron chi connectivity index (χ3n) is 5.62. The summed E-state index contributed by atoms with van der Waals surface area (Å²) < 4.78 is 33.6. The molecular weight excluding hydrogens is 402 g/mol. The molecule has 8 heteroatoms. The minimum atomic E-state index is -4.02. The number of aromatic nitrogens is 2. The molecule has 5 rings (SSSR count). The Morgan fingerprint density at radius 3 is 2.77 bits per heavy atom. The van der Waals surface area contributed by atoms with Gasteiger partial charge in [-0.2, -0.15) is 4.31 Å². The minimum absolute atomic E-state index is 0.0509. The van der Waals surface area contributed by atoms with Gasteiger partial charge in [0.1, 0.15) is 10.9 Å². The molecule has 0 radical (unpaired) electrons. The first kappa shape index (κ1) is 18.8. The summed E-state index contributed by atoms with van der Waals surface area (Å²) in [7, 11) is -2.75. The fourth-order valence-corrected chi connectivity index (χ4v) is 5.90. The highest BCUT2D eigenvalue weighted by molar-refractivity contribution is 7.89. The fourth-order valence-electron chi connectivity index (χ4n) is 4.19. The number of nitrogens with one attached hydrogen (secondary N) is 1. The van der Waals surface area contributed by atoms with Crippen LogP contribution in [0.2, 0.25) is 0 Å². The second-order valence-corrected chi connectivity index (χ2v) is 9.11. The third-order valence-corrected chi connectivity index (χ3v) is 7.50. The highest BCUT2D eigenvalue weighted by Crippen LogP contribution is 2.35. The molecule has 0 fully saturated rings. The highest BCUT2D eigenvalue weighted by atomic mass is 32.2. The second kappa shape index (κ2) is 6.93. The average molecular weight is 421 g/mol.